The zero-order valence-electron chi connectivity index (χ0n) is 12.5. The van der Waals surface area contributed by atoms with Crippen LogP contribution in [0.15, 0.2) is 24.3 Å². The number of piperidine rings is 1. The maximum absolute atomic E-state index is 10.6. The molecule has 1 aromatic carbocycles. The average Bonchev–Trinajstić information content (AvgIpc) is 2.50. The van der Waals surface area contributed by atoms with Crippen LogP contribution >= 0.6 is 0 Å². The van der Waals surface area contributed by atoms with Crippen LogP contribution in [0, 0.1) is 11.3 Å². The van der Waals surface area contributed by atoms with Crippen LogP contribution in [0.5, 0.6) is 5.75 Å². The van der Waals surface area contributed by atoms with Gasteiger partial charge in [0.2, 0.25) is 0 Å². The van der Waals surface area contributed by atoms with Crippen molar-refractivity contribution in [2.75, 3.05) is 20.1 Å². The molecule has 1 aromatic rings. The van der Waals surface area contributed by atoms with Gasteiger partial charge in [0.05, 0.1) is 5.56 Å². The minimum atomic E-state index is -5.08. The summed E-state index contributed by atoms with van der Waals surface area (Å²) in [5.41, 5.74) is 0.626. The summed E-state index contributed by atoms with van der Waals surface area (Å²) in [6, 6.07) is 9.60. The van der Waals surface area contributed by atoms with E-state index < -0.39 is 12.1 Å². The van der Waals surface area contributed by atoms with Gasteiger partial charge in [-0.2, -0.15) is 18.4 Å². The van der Waals surface area contributed by atoms with Gasteiger partial charge in [0.1, 0.15) is 17.9 Å². The second-order valence-electron chi connectivity index (χ2n) is 5.03. The molecule has 2 rings (SSSR count). The van der Waals surface area contributed by atoms with E-state index in [4.69, 9.17) is 19.9 Å². The number of likely N-dealkylation sites (tertiary alicyclic amines) is 1. The minimum Gasteiger partial charge on any atom is -0.489 e. The van der Waals surface area contributed by atoms with E-state index in [0.717, 1.165) is 31.7 Å². The highest BCUT2D eigenvalue weighted by atomic mass is 19.4. The predicted octanol–water partition coefficient (Wildman–Crippen LogP) is 2.66. The molecule has 1 fully saturated rings. The van der Waals surface area contributed by atoms with Crippen LogP contribution in [-0.4, -0.2) is 48.4 Å². The molecule has 0 radical (unpaired) electrons. The zero-order valence-corrected chi connectivity index (χ0v) is 12.5. The highest BCUT2D eigenvalue weighted by Gasteiger charge is 2.38. The average molecular weight is 330 g/mol. The number of hydrogen-bond donors (Lipinski definition) is 1. The molecule has 1 N–H and O–H groups in total. The first-order valence-electron chi connectivity index (χ1n) is 6.88. The number of hydrogen-bond acceptors (Lipinski definition) is 4. The molecule has 0 atom stereocenters. The van der Waals surface area contributed by atoms with Crippen molar-refractivity contribution in [3.05, 3.63) is 29.8 Å². The second kappa shape index (κ2) is 8.39. The number of ether oxygens (including phenoxy) is 1. The molecule has 0 aliphatic carbocycles. The molecular weight excluding hydrogens is 313 g/mol. The monoisotopic (exact) mass is 330 g/mol. The van der Waals surface area contributed by atoms with Crippen LogP contribution in [0.2, 0.25) is 0 Å². The molecular formula is C15H17F3N2O3. The van der Waals surface area contributed by atoms with Gasteiger partial charge in [-0.3, -0.25) is 0 Å². The van der Waals surface area contributed by atoms with Crippen molar-refractivity contribution >= 4 is 5.97 Å². The normalized spacial score (nSPS) is 16.0. The summed E-state index contributed by atoms with van der Waals surface area (Å²) < 4.78 is 37.6. The fraction of sp³-hybridized carbons (Fsp3) is 0.467. The SMILES string of the molecule is CN1CCC(Oc2ccccc2C#N)CC1.O=C(O)C(F)(F)F. The first kappa shape index (κ1) is 18.8. The maximum Gasteiger partial charge on any atom is 0.490 e. The van der Waals surface area contributed by atoms with Gasteiger partial charge in [0.15, 0.2) is 0 Å². The lowest BCUT2D eigenvalue weighted by Crippen LogP contribution is -2.35. The Morgan fingerprint density at radius 3 is 2.35 bits per heavy atom. The molecule has 5 nitrogen and oxygen atoms in total. The number of carbonyl (C=O) groups is 1. The fourth-order valence-corrected chi connectivity index (χ4v) is 1.94. The molecule has 23 heavy (non-hydrogen) atoms. The summed E-state index contributed by atoms with van der Waals surface area (Å²) in [5.74, 6) is -2.04. The van der Waals surface area contributed by atoms with Crippen LogP contribution in [0.3, 0.4) is 0 Å². The summed E-state index contributed by atoms with van der Waals surface area (Å²) in [6.07, 6.45) is -2.75. The topological polar surface area (TPSA) is 73.6 Å². The van der Waals surface area contributed by atoms with E-state index in [2.05, 4.69) is 18.0 Å². The van der Waals surface area contributed by atoms with Crippen molar-refractivity contribution in [3.63, 3.8) is 0 Å². The van der Waals surface area contributed by atoms with Crippen molar-refractivity contribution < 1.29 is 27.8 Å². The van der Waals surface area contributed by atoms with Gasteiger partial charge in [-0.15, -0.1) is 0 Å². The number of nitrogens with zero attached hydrogens (tertiary/aromatic N) is 2. The molecule has 0 bridgehead atoms. The Bertz CT molecular complexity index is 562. The van der Waals surface area contributed by atoms with Gasteiger partial charge in [-0.25, -0.2) is 4.79 Å². The minimum absolute atomic E-state index is 0.255. The summed E-state index contributed by atoms with van der Waals surface area (Å²) in [7, 11) is 2.12. The largest absolute Gasteiger partial charge is 0.490 e. The van der Waals surface area contributed by atoms with E-state index >= 15 is 0 Å². The van der Waals surface area contributed by atoms with E-state index in [1.807, 2.05) is 18.2 Å². The standard InChI is InChI=1S/C13H16N2O.C2HF3O2/c1-15-8-6-12(7-9-15)16-13-5-3-2-4-11(13)10-14;3-2(4,5)1(6)7/h2-5,12H,6-9H2,1H3;(H,6,7). The Balaban J connectivity index is 0.000000322. The second-order valence-corrected chi connectivity index (χ2v) is 5.03. The van der Waals surface area contributed by atoms with Crippen molar-refractivity contribution in [2.24, 2.45) is 0 Å². The third-order valence-electron chi connectivity index (χ3n) is 3.21. The van der Waals surface area contributed by atoms with Crippen molar-refractivity contribution in [3.8, 4) is 11.8 Å². The Kier molecular flexibility index (Phi) is 6.85. The third-order valence-corrected chi connectivity index (χ3v) is 3.21. The number of nitriles is 1. The summed E-state index contributed by atoms with van der Waals surface area (Å²) >= 11 is 0. The van der Waals surface area contributed by atoms with Gasteiger partial charge < -0.3 is 14.7 Å². The molecule has 0 amide bonds. The van der Waals surface area contributed by atoms with Crippen LogP contribution in [0.1, 0.15) is 18.4 Å². The van der Waals surface area contributed by atoms with E-state index in [0.29, 0.717) is 5.56 Å². The number of aliphatic carboxylic acids is 1. The van der Waals surface area contributed by atoms with Gasteiger partial charge in [0, 0.05) is 13.1 Å². The maximum atomic E-state index is 10.6. The van der Waals surface area contributed by atoms with E-state index in [-0.39, 0.29) is 6.10 Å². The van der Waals surface area contributed by atoms with Crippen LogP contribution in [0.4, 0.5) is 13.2 Å². The van der Waals surface area contributed by atoms with Gasteiger partial charge in [0.25, 0.3) is 0 Å². The van der Waals surface area contributed by atoms with E-state index in [1.165, 1.54) is 0 Å². The lowest BCUT2D eigenvalue weighted by Gasteiger charge is -2.29. The number of rotatable bonds is 2. The number of carboxylic acids is 1. The lowest BCUT2D eigenvalue weighted by molar-refractivity contribution is -0.192. The van der Waals surface area contributed by atoms with Crippen LogP contribution < -0.4 is 4.74 Å². The predicted molar refractivity (Wildman–Crippen MR) is 76.0 cm³/mol. The quantitative estimate of drug-likeness (QED) is 0.902. The molecule has 0 aromatic heterocycles. The van der Waals surface area contributed by atoms with E-state index in [1.54, 1.807) is 6.07 Å². The number of carboxylic acid groups (broad SMARTS) is 1. The van der Waals surface area contributed by atoms with Crippen LogP contribution in [0.25, 0.3) is 0 Å². The van der Waals surface area contributed by atoms with Crippen molar-refractivity contribution in [2.45, 2.75) is 25.1 Å². The first-order valence-corrected chi connectivity index (χ1v) is 6.88. The Hall–Kier alpha value is -2.27. The summed E-state index contributed by atoms with van der Waals surface area (Å²) in [4.78, 5) is 11.2. The highest BCUT2D eigenvalue weighted by Crippen LogP contribution is 2.21. The number of halogens is 3. The Morgan fingerprint density at radius 2 is 1.87 bits per heavy atom. The van der Waals surface area contributed by atoms with Crippen molar-refractivity contribution in [1.29, 1.82) is 5.26 Å². The highest BCUT2D eigenvalue weighted by molar-refractivity contribution is 5.73. The number of benzene rings is 1. The molecule has 0 spiro atoms. The first-order chi connectivity index (χ1) is 10.7. The Labute approximate surface area is 131 Å². The molecule has 0 saturated carbocycles. The Morgan fingerprint density at radius 1 is 1.35 bits per heavy atom. The molecule has 126 valence electrons. The number of alkyl halides is 3. The summed E-state index contributed by atoms with van der Waals surface area (Å²) in [5, 5.41) is 16.1. The number of para-hydroxylation sites is 1. The molecule has 1 aliphatic heterocycles. The van der Waals surface area contributed by atoms with E-state index in [9.17, 15) is 13.2 Å². The molecule has 8 heteroatoms. The van der Waals surface area contributed by atoms with Crippen LogP contribution in [-0.2, 0) is 4.79 Å². The van der Waals surface area contributed by atoms with Crippen molar-refractivity contribution in [1.82, 2.24) is 4.90 Å². The van der Waals surface area contributed by atoms with Gasteiger partial charge in [-0.1, -0.05) is 12.1 Å². The molecule has 1 aliphatic rings. The van der Waals surface area contributed by atoms with Gasteiger partial charge >= 0.3 is 12.1 Å². The molecule has 1 saturated heterocycles. The third kappa shape index (κ3) is 6.57. The summed E-state index contributed by atoms with van der Waals surface area (Å²) in [6.45, 7) is 2.14. The zero-order chi connectivity index (χ0) is 17.5. The molecule has 1 heterocycles. The molecule has 0 unspecified atom stereocenters. The van der Waals surface area contributed by atoms with Gasteiger partial charge in [-0.05, 0) is 32.0 Å². The lowest BCUT2D eigenvalue weighted by atomic mass is 10.1. The fourth-order valence-electron chi connectivity index (χ4n) is 1.94. The smallest absolute Gasteiger partial charge is 0.489 e.